The molecule has 6 nitrogen and oxygen atoms in total. The Morgan fingerprint density at radius 1 is 1.20 bits per heavy atom. The molecule has 1 aromatic heterocycles. The van der Waals surface area contributed by atoms with Crippen molar-refractivity contribution in [3.63, 3.8) is 0 Å². The van der Waals surface area contributed by atoms with Crippen molar-refractivity contribution in [2.75, 3.05) is 19.3 Å². The molecule has 0 saturated carbocycles. The second-order valence-electron chi connectivity index (χ2n) is 7.11. The van der Waals surface area contributed by atoms with Gasteiger partial charge in [0.15, 0.2) is 0 Å². The van der Waals surface area contributed by atoms with Crippen LogP contribution < -0.4 is 0 Å². The smallest absolute Gasteiger partial charge is 0.266 e. The number of rotatable bonds is 9. The van der Waals surface area contributed by atoms with Crippen LogP contribution in [0.1, 0.15) is 31.4 Å². The van der Waals surface area contributed by atoms with Gasteiger partial charge in [-0.25, -0.2) is 8.42 Å². The highest BCUT2D eigenvalue weighted by molar-refractivity contribution is 7.91. The fourth-order valence-corrected chi connectivity index (χ4v) is 7.27. The highest BCUT2D eigenvalue weighted by Crippen LogP contribution is 2.37. The van der Waals surface area contributed by atoms with Crippen LogP contribution in [0.4, 0.5) is 13.2 Å². The maximum absolute atomic E-state index is 13.3. The zero-order valence-electron chi connectivity index (χ0n) is 17.0. The van der Waals surface area contributed by atoms with Gasteiger partial charge >= 0.3 is 6.18 Å². The number of benzene rings is 1. The maximum atomic E-state index is 13.3. The van der Waals surface area contributed by atoms with Gasteiger partial charge in [0, 0.05) is 17.8 Å². The number of nitrogens with zero attached hydrogens (tertiary/aromatic N) is 1. The molecule has 0 amide bonds. The average Bonchev–Trinajstić information content (AvgIpc) is 2.88. The molecular formula is C18H24F3NO5S3. The van der Waals surface area contributed by atoms with E-state index in [1.54, 1.807) is 13.8 Å². The Morgan fingerprint density at radius 2 is 1.83 bits per heavy atom. The Kier molecular flexibility index (Phi) is 7.61. The lowest BCUT2D eigenvalue weighted by Gasteiger charge is -2.24. The fraction of sp³-hybridized carbons (Fsp3) is 0.556. The summed E-state index contributed by atoms with van der Waals surface area (Å²) < 4.78 is 94.0. The van der Waals surface area contributed by atoms with E-state index in [1.807, 2.05) is 0 Å². The number of sulfonamides is 1. The fourth-order valence-electron chi connectivity index (χ4n) is 3.12. The van der Waals surface area contributed by atoms with Crippen molar-refractivity contribution >= 4 is 41.6 Å². The molecule has 0 aliphatic rings. The molecule has 170 valence electrons. The summed E-state index contributed by atoms with van der Waals surface area (Å²) in [4.78, 5) is 0. The molecule has 0 spiro atoms. The Balaban J connectivity index is 2.44. The van der Waals surface area contributed by atoms with Gasteiger partial charge < -0.3 is 0 Å². The predicted molar refractivity (Wildman–Crippen MR) is 111 cm³/mol. The van der Waals surface area contributed by atoms with Crippen LogP contribution in [-0.2, 0) is 30.7 Å². The van der Waals surface area contributed by atoms with E-state index in [0.29, 0.717) is 22.1 Å². The van der Waals surface area contributed by atoms with Crippen LogP contribution in [0.2, 0.25) is 0 Å². The summed E-state index contributed by atoms with van der Waals surface area (Å²) in [6.07, 6.45) is -4.97. The second kappa shape index (κ2) is 9.11. The minimum atomic E-state index is -4.36. The molecule has 0 radical (unpaired) electrons. The molecule has 0 saturated heterocycles. The van der Waals surface area contributed by atoms with E-state index in [2.05, 4.69) is 0 Å². The number of hydrogen-bond acceptors (Lipinski definition) is 6. The van der Waals surface area contributed by atoms with Crippen molar-refractivity contribution in [3.05, 3.63) is 29.3 Å². The number of aryl methyl sites for hydroxylation is 1. The SMILES string of the molecule is CCCN(C[C@H](C)OS(C)(=O)=O)S(=O)(=O)c1sc2ccc(CC(F)(F)F)cc2c1C. The van der Waals surface area contributed by atoms with Crippen LogP contribution in [0, 0.1) is 6.92 Å². The Bertz CT molecular complexity index is 1110. The molecular weight excluding hydrogens is 463 g/mol. The molecule has 2 aromatic rings. The molecule has 0 aliphatic heterocycles. The van der Waals surface area contributed by atoms with Gasteiger partial charge in [0.2, 0.25) is 0 Å². The molecule has 0 aliphatic carbocycles. The van der Waals surface area contributed by atoms with Gasteiger partial charge in [0.1, 0.15) is 4.21 Å². The van der Waals surface area contributed by atoms with E-state index >= 15 is 0 Å². The number of fused-ring (bicyclic) bond motifs is 1. The molecule has 30 heavy (non-hydrogen) atoms. The Labute approximate surface area is 178 Å². The van der Waals surface area contributed by atoms with Crippen molar-refractivity contribution in [2.45, 2.75) is 50.1 Å². The van der Waals surface area contributed by atoms with Crippen molar-refractivity contribution in [1.82, 2.24) is 4.31 Å². The Morgan fingerprint density at radius 3 is 2.37 bits per heavy atom. The molecule has 0 bridgehead atoms. The van der Waals surface area contributed by atoms with E-state index in [9.17, 15) is 30.0 Å². The van der Waals surface area contributed by atoms with Crippen molar-refractivity contribution in [1.29, 1.82) is 0 Å². The van der Waals surface area contributed by atoms with Gasteiger partial charge in [-0.05, 0) is 48.9 Å². The third-order valence-corrected chi connectivity index (χ3v) is 8.62. The molecule has 0 unspecified atom stereocenters. The summed E-state index contributed by atoms with van der Waals surface area (Å²) in [5.74, 6) is 0. The molecule has 0 fully saturated rings. The summed E-state index contributed by atoms with van der Waals surface area (Å²) in [7, 11) is -7.75. The molecule has 2 rings (SSSR count). The lowest BCUT2D eigenvalue weighted by atomic mass is 10.1. The van der Waals surface area contributed by atoms with Gasteiger partial charge in [0.05, 0.1) is 18.8 Å². The first-order valence-electron chi connectivity index (χ1n) is 9.11. The lowest BCUT2D eigenvalue weighted by molar-refractivity contribution is -0.127. The van der Waals surface area contributed by atoms with E-state index in [1.165, 1.54) is 25.1 Å². The summed E-state index contributed by atoms with van der Waals surface area (Å²) in [6, 6.07) is 4.20. The molecule has 1 aromatic carbocycles. The number of thiophene rings is 1. The minimum absolute atomic E-state index is 0.0293. The first kappa shape index (κ1) is 25.1. The van der Waals surface area contributed by atoms with Crippen molar-refractivity contribution in [2.24, 2.45) is 0 Å². The third kappa shape index (κ3) is 6.39. The zero-order chi connectivity index (χ0) is 22.9. The van der Waals surface area contributed by atoms with Crippen molar-refractivity contribution < 1.29 is 34.2 Å². The molecule has 12 heteroatoms. The zero-order valence-corrected chi connectivity index (χ0v) is 19.4. The van der Waals surface area contributed by atoms with Gasteiger partial charge in [-0.1, -0.05) is 13.0 Å². The standard InChI is InChI=1S/C18H24F3NO5S3/c1-5-8-22(11-12(2)27-29(4,23)24)30(25,26)17-13(3)15-9-14(10-18(19,20)21)6-7-16(15)28-17/h6-7,9,12H,5,8,10-11H2,1-4H3/t12-/m0/s1. The van der Waals surface area contributed by atoms with E-state index in [-0.39, 0.29) is 22.9 Å². The van der Waals surface area contributed by atoms with E-state index in [4.69, 9.17) is 4.18 Å². The van der Waals surface area contributed by atoms with Gasteiger partial charge in [-0.15, -0.1) is 11.3 Å². The largest absolute Gasteiger partial charge is 0.393 e. The topological polar surface area (TPSA) is 80.8 Å². The van der Waals surface area contributed by atoms with E-state index < -0.39 is 38.8 Å². The lowest BCUT2D eigenvalue weighted by Crippen LogP contribution is -2.38. The predicted octanol–water partition coefficient (Wildman–Crippen LogP) is 4.08. The summed E-state index contributed by atoms with van der Waals surface area (Å²) >= 11 is 0.982. The number of hydrogen-bond donors (Lipinski definition) is 0. The molecule has 0 N–H and O–H groups in total. The van der Waals surface area contributed by atoms with E-state index in [0.717, 1.165) is 21.9 Å². The Hall–Kier alpha value is -1.21. The number of halogens is 3. The quantitative estimate of drug-likeness (QED) is 0.498. The van der Waals surface area contributed by atoms with Gasteiger partial charge in [-0.3, -0.25) is 4.18 Å². The highest BCUT2D eigenvalue weighted by atomic mass is 32.2. The summed E-state index contributed by atoms with van der Waals surface area (Å²) in [5.41, 5.74) is 0.428. The third-order valence-electron chi connectivity index (χ3n) is 4.21. The second-order valence-corrected chi connectivity index (χ2v) is 11.9. The first-order valence-corrected chi connectivity index (χ1v) is 13.2. The normalized spacial score (nSPS) is 14.5. The molecule has 1 heterocycles. The minimum Gasteiger partial charge on any atom is -0.266 e. The van der Waals surface area contributed by atoms with Gasteiger partial charge in [0.25, 0.3) is 20.1 Å². The molecule has 1 atom stereocenters. The number of alkyl halides is 3. The van der Waals surface area contributed by atoms with Gasteiger partial charge in [-0.2, -0.15) is 25.9 Å². The highest BCUT2D eigenvalue weighted by Gasteiger charge is 2.31. The average molecular weight is 488 g/mol. The van der Waals surface area contributed by atoms with Crippen molar-refractivity contribution in [3.8, 4) is 0 Å². The maximum Gasteiger partial charge on any atom is 0.393 e. The van der Waals surface area contributed by atoms with Crippen LogP contribution in [0.25, 0.3) is 10.1 Å². The van der Waals surface area contributed by atoms with Crippen LogP contribution in [0.5, 0.6) is 0 Å². The van der Waals surface area contributed by atoms with Crippen LogP contribution in [0.3, 0.4) is 0 Å². The first-order chi connectivity index (χ1) is 13.6. The van der Waals surface area contributed by atoms with Crippen LogP contribution >= 0.6 is 11.3 Å². The monoisotopic (exact) mass is 487 g/mol. The summed E-state index contributed by atoms with van der Waals surface area (Å²) in [5, 5.41) is 0.456. The summed E-state index contributed by atoms with van der Waals surface area (Å²) in [6.45, 7) is 4.78. The van der Waals surface area contributed by atoms with Crippen LogP contribution in [-0.4, -0.2) is 52.8 Å². The van der Waals surface area contributed by atoms with Crippen LogP contribution in [0.15, 0.2) is 22.4 Å².